The number of carbonyl (C=O) groups is 3. The third-order valence-electron chi connectivity index (χ3n) is 6.16. The second kappa shape index (κ2) is 12.2. The molecule has 0 atom stereocenters. The molecule has 0 aliphatic heterocycles. The molecule has 16 heteroatoms. The maximum atomic E-state index is 13.1. The van der Waals surface area contributed by atoms with Crippen LogP contribution in [-0.4, -0.2) is 60.6 Å². The molecule has 42 heavy (non-hydrogen) atoms. The number of nitro benzene ring substituents is 1. The molecule has 0 fully saturated rings. The molecule has 16 nitrogen and oxygen atoms in total. The van der Waals surface area contributed by atoms with Gasteiger partial charge in [0.25, 0.3) is 11.6 Å². The SMILES string of the molecule is CCn1nc(C)cc1C(=O)Nc1nc2cc(C(N)=O)cnc2n1C/C=C/CNc1c(OC)cc(C(N)=O)cc1[N+](=O)[O-]. The Morgan fingerprint density at radius 2 is 1.86 bits per heavy atom. The molecule has 0 aliphatic rings. The van der Waals surface area contributed by atoms with Crippen molar-refractivity contribution >= 4 is 46.2 Å². The highest BCUT2D eigenvalue weighted by molar-refractivity contribution is 6.03. The van der Waals surface area contributed by atoms with Crippen molar-refractivity contribution in [2.75, 3.05) is 24.3 Å². The number of fused-ring (bicyclic) bond motifs is 1. The van der Waals surface area contributed by atoms with Crippen LogP contribution in [-0.2, 0) is 13.1 Å². The number of anilines is 2. The molecule has 1 aromatic carbocycles. The van der Waals surface area contributed by atoms with Gasteiger partial charge in [-0.1, -0.05) is 12.2 Å². The van der Waals surface area contributed by atoms with Crippen LogP contribution in [0.25, 0.3) is 11.2 Å². The summed E-state index contributed by atoms with van der Waals surface area (Å²) in [6.07, 6.45) is 4.73. The minimum Gasteiger partial charge on any atom is -0.494 e. The molecule has 0 radical (unpaired) electrons. The summed E-state index contributed by atoms with van der Waals surface area (Å²) in [6, 6.07) is 5.52. The van der Waals surface area contributed by atoms with Crippen LogP contribution in [0.15, 0.2) is 42.6 Å². The number of nitro groups is 1. The Bertz CT molecular complexity index is 1740. The lowest BCUT2D eigenvalue weighted by Gasteiger charge is -2.12. The fraction of sp³-hybridized carbons (Fsp3) is 0.231. The van der Waals surface area contributed by atoms with Gasteiger partial charge in [0.2, 0.25) is 17.8 Å². The Labute approximate surface area is 238 Å². The number of aromatic nitrogens is 5. The van der Waals surface area contributed by atoms with Gasteiger partial charge in [0.05, 0.1) is 23.3 Å². The van der Waals surface area contributed by atoms with Crippen molar-refractivity contribution in [3.8, 4) is 5.75 Å². The van der Waals surface area contributed by atoms with E-state index in [1.165, 1.54) is 25.4 Å². The van der Waals surface area contributed by atoms with E-state index >= 15 is 0 Å². The van der Waals surface area contributed by atoms with Gasteiger partial charge in [-0.15, -0.1) is 0 Å². The third kappa shape index (κ3) is 6.01. The van der Waals surface area contributed by atoms with Crippen molar-refractivity contribution in [3.63, 3.8) is 0 Å². The highest BCUT2D eigenvalue weighted by Gasteiger charge is 2.22. The van der Waals surface area contributed by atoms with Crippen LogP contribution in [0.1, 0.15) is 43.8 Å². The molecule has 0 aliphatic carbocycles. The lowest BCUT2D eigenvalue weighted by Crippen LogP contribution is -2.20. The smallest absolute Gasteiger partial charge is 0.296 e. The second-order valence-electron chi connectivity index (χ2n) is 8.96. The number of aryl methyl sites for hydroxylation is 2. The number of nitrogens with zero attached hydrogens (tertiary/aromatic N) is 6. The topological polar surface area (TPSA) is 228 Å². The van der Waals surface area contributed by atoms with Gasteiger partial charge < -0.3 is 21.5 Å². The second-order valence-corrected chi connectivity index (χ2v) is 8.96. The van der Waals surface area contributed by atoms with E-state index in [-0.39, 0.29) is 47.3 Å². The zero-order valence-corrected chi connectivity index (χ0v) is 23.0. The summed E-state index contributed by atoms with van der Waals surface area (Å²) in [5.74, 6) is -1.69. The quantitative estimate of drug-likeness (QED) is 0.109. The van der Waals surface area contributed by atoms with Gasteiger partial charge in [-0.25, -0.2) is 9.97 Å². The maximum Gasteiger partial charge on any atom is 0.296 e. The van der Waals surface area contributed by atoms with E-state index in [1.807, 2.05) is 6.92 Å². The predicted molar refractivity (Wildman–Crippen MR) is 152 cm³/mol. The standard InChI is InChI=1S/C26H28N10O6/c1-4-35-19(9-14(2)33-35)25(39)32-26-31-17-10-16(23(28)38)13-30-24(17)34(26)8-6-5-7-29-21-18(36(40)41)11-15(22(27)37)12-20(21)42-3/h5-6,9-13,29H,4,7-8H2,1-3H3,(H2,27,37)(H2,28,38)(H,31,32,39)/b6-5+. The molecule has 4 aromatic rings. The Morgan fingerprint density at radius 3 is 2.50 bits per heavy atom. The summed E-state index contributed by atoms with van der Waals surface area (Å²) in [7, 11) is 1.32. The van der Waals surface area contributed by atoms with E-state index in [0.717, 1.165) is 6.07 Å². The average Bonchev–Trinajstić information content (AvgIpc) is 3.51. The number of carbonyl (C=O) groups excluding carboxylic acids is 3. The first-order chi connectivity index (χ1) is 20.0. The zero-order valence-electron chi connectivity index (χ0n) is 23.0. The van der Waals surface area contributed by atoms with Crippen molar-refractivity contribution < 1.29 is 24.0 Å². The van der Waals surface area contributed by atoms with Gasteiger partial charge in [0.15, 0.2) is 11.3 Å². The van der Waals surface area contributed by atoms with Crippen LogP contribution in [0.2, 0.25) is 0 Å². The monoisotopic (exact) mass is 576 g/mol. The molecular weight excluding hydrogens is 548 g/mol. The average molecular weight is 577 g/mol. The van der Waals surface area contributed by atoms with Crippen LogP contribution in [0.5, 0.6) is 5.75 Å². The Hall–Kier alpha value is -5.80. The molecule has 6 N–H and O–H groups in total. The van der Waals surface area contributed by atoms with Crippen molar-refractivity contribution in [3.05, 3.63) is 75.2 Å². The number of benzene rings is 1. The normalized spacial score (nSPS) is 11.1. The molecule has 0 spiro atoms. The molecule has 4 rings (SSSR count). The van der Waals surface area contributed by atoms with Gasteiger partial charge in [-0.2, -0.15) is 5.10 Å². The molecule has 0 saturated carbocycles. The Kier molecular flexibility index (Phi) is 8.45. The molecule has 3 amide bonds. The Morgan fingerprint density at radius 1 is 1.12 bits per heavy atom. The lowest BCUT2D eigenvalue weighted by atomic mass is 10.1. The van der Waals surface area contributed by atoms with Crippen LogP contribution in [0.4, 0.5) is 17.3 Å². The Balaban J connectivity index is 1.60. The lowest BCUT2D eigenvalue weighted by molar-refractivity contribution is -0.384. The number of nitrogens with one attached hydrogen (secondary N) is 2. The van der Waals surface area contributed by atoms with E-state index in [2.05, 4.69) is 25.7 Å². The van der Waals surface area contributed by atoms with E-state index in [0.29, 0.717) is 29.1 Å². The number of allylic oxidation sites excluding steroid dienone is 1. The number of pyridine rings is 1. The van der Waals surface area contributed by atoms with E-state index in [9.17, 15) is 24.5 Å². The third-order valence-corrected chi connectivity index (χ3v) is 6.16. The number of hydrogen-bond donors (Lipinski definition) is 4. The number of amides is 3. The summed E-state index contributed by atoms with van der Waals surface area (Å²) >= 11 is 0. The number of nitrogens with two attached hydrogens (primary N) is 2. The van der Waals surface area contributed by atoms with Gasteiger partial charge in [0.1, 0.15) is 17.0 Å². The van der Waals surface area contributed by atoms with E-state index < -0.39 is 22.6 Å². The highest BCUT2D eigenvalue weighted by Crippen LogP contribution is 2.35. The summed E-state index contributed by atoms with van der Waals surface area (Å²) < 4.78 is 8.42. The number of primary amides is 2. The van der Waals surface area contributed by atoms with Crippen LogP contribution < -0.4 is 26.8 Å². The van der Waals surface area contributed by atoms with Gasteiger partial charge in [-0.05, 0) is 32.0 Å². The zero-order chi connectivity index (χ0) is 30.6. The number of imidazole rings is 1. The fourth-order valence-corrected chi connectivity index (χ4v) is 4.20. The van der Waals surface area contributed by atoms with Gasteiger partial charge in [-0.3, -0.25) is 39.1 Å². The first-order valence-corrected chi connectivity index (χ1v) is 12.6. The summed E-state index contributed by atoms with van der Waals surface area (Å²) in [5, 5.41) is 21.6. The van der Waals surface area contributed by atoms with Crippen molar-refractivity contribution in [1.29, 1.82) is 0 Å². The van der Waals surface area contributed by atoms with Crippen LogP contribution in [0, 0.1) is 17.0 Å². The molecular formula is C26H28N10O6. The molecule has 0 unspecified atom stereocenters. The molecule has 3 aromatic heterocycles. The van der Waals surface area contributed by atoms with Crippen LogP contribution in [0.3, 0.4) is 0 Å². The number of hydrogen-bond acceptors (Lipinski definition) is 10. The highest BCUT2D eigenvalue weighted by atomic mass is 16.6. The molecule has 0 saturated heterocycles. The molecule has 3 heterocycles. The van der Waals surface area contributed by atoms with Gasteiger partial charge >= 0.3 is 0 Å². The number of methoxy groups -OCH3 is 1. The van der Waals surface area contributed by atoms with Gasteiger partial charge in [0, 0.05) is 37.5 Å². The summed E-state index contributed by atoms with van der Waals surface area (Å²) in [5.41, 5.74) is 12.2. The molecule has 0 bridgehead atoms. The van der Waals surface area contributed by atoms with Crippen molar-refractivity contribution in [2.24, 2.45) is 11.5 Å². The first-order valence-electron chi connectivity index (χ1n) is 12.6. The van der Waals surface area contributed by atoms with Crippen molar-refractivity contribution in [2.45, 2.75) is 26.9 Å². The largest absolute Gasteiger partial charge is 0.494 e. The van der Waals surface area contributed by atoms with E-state index in [1.54, 1.807) is 34.4 Å². The molecule has 218 valence electrons. The first kappa shape index (κ1) is 29.2. The van der Waals surface area contributed by atoms with Crippen molar-refractivity contribution in [1.82, 2.24) is 24.3 Å². The summed E-state index contributed by atoms with van der Waals surface area (Å²) in [6.45, 7) is 4.45. The van der Waals surface area contributed by atoms with E-state index in [4.69, 9.17) is 16.2 Å². The number of rotatable bonds is 12. The summed E-state index contributed by atoms with van der Waals surface area (Å²) in [4.78, 5) is 56.1. The van der Waals surface area contributed by atoms with Crippen LogP contribution >= 0.6 is 0 Å². The maximum absolute atomic E-state index is 13.1. The number of ether oxygens (including phenoxy) is 1. The minimum absolute atomic E-state index is 0.0645. The minimum atomic E-state index is -0.829. The fourth-order valence-electron chi connectivity index (χ4n) is 4.20. The predicted octanol–water partition coefficient (Wildman–Crippen LogP) is 1.99.